The summed E-state index contributed by atoms with van der Waals surface area (Å²) in [6, 6.07) is 2.28. The number of ether oxygens (including phenoxy) is 1. The van der Waals surface area contributed by atoms with Gasteiger partial charge in [-0.2, -0.15) is 5.26 Å². The zero-order valence-electron chi connectivity index (χ0n) is 15.3. The van der Waals surface area contributed by atoms with Crippen molar-refractivity contribution in [3.63, 3.8) is 0 Å². The fourth-order valence-corrected chi connectivity index (χ4v) is 5.20. The number of piperidine rings is 1. The van der Waals surface area contributed by atoms with Crippen molar-refractivity contribution in [2.75, 3.05) is 32.1 Å². The quantitative estimate of drug-likeness (QED) is 0.818. The van der Waals surface area contributed by atoms with Gasteiger partial charge in [-0.1, -0.05) is 6.92 Å². The molecule has 1 aliphatic carbocycles. The highest BCUT2D eigenvalue weighted by Gasteiger charge is 2.28. The van der Waals surface area contributed by atoms with Gasteiger partial charge < -0.3 is 10.1 Å². The van der Waals surface area contributed by atoms with E-state index in [4.69, 9.17) is 4.74 Å². The van der Waals surface area contributed by atoms with E-state index in [0.29, 0.717) is 42.4 Å². The van der Waals surface area contributed by atoms with Crippen molar-refractivity contribution in [1.82, 2.24) is 4.90 Å². The largest absolute Gasteiger partial charge is 0.469 e. The van der Waals surface area contributed by atoms with Crippen molar-refractivity contribution < 1.29 is 14.3 Å². The van der Waals surface area contributed by atoms with Gasteiger partial charge in [0.25, 0.3) is 0 Å². The predicted molar refractivity (Wildman–Crippen MR) is 100 cm³/mol. The topological polar surface area (TPSA) is 82.4 Å². The number of nitrogens with one attached hydrogen (secondary N) is 1. The molecular weight excluding hydrogens is 350 g/mol. The predicted octanol–water partition coefficient (Wildman–Crippen LogP) is 2.57. The van der Waals surface area contributed by atoms with Crippen LogP contribution in [0, 0.1) is 23.2 Å². The third kappa shape index (κ3) is 4.08. The number of nitriles is 1. The summed E-state index contributed by atoms with van der Waals surface area (Å²) in [4.78, 5) is 27.3. The number of anilines is 1. The van der Waals surface area contributed by atoms with E-state index < -0.39 is 0 Å². The van der Waals surface area contributed by atoms with Crippen LogP contribution in [0.1, 0.15) is 42.2 Å². The fourth-order valence-electron chi connectivity index (χ4n) is 3.82. The summed E-state index contributed by atoms with van der Waals surface area (Å²) in [6.07, 6.45) is 4.45. The first-order valence-corrected chi connectivity index (χ1v) is 9.98. The summed E-state index contributed by atoms with van der Waals surface area (Å²) in [7, 11) is 1.41. The normalized spacial score (nSPS) is 20.9. The zero-order valence-corrected chi connectivity index (χ0v) is 16.2. The van der Waals surface area contributed by atoms with Crippen LogP contribution in [0.3, 0.4) is 0 Å². The summed E-state index contributed by atoms with van der Waals surface area (Å²) in [5.41, 5.74) is 1.78. The number of thiophene rings is 1. The first kappa shape index (κ1) is 18.9. The molecule has 0 unspecified atom stereocenters. The molecule has 1 aliphatic heterocycles. The average Bonchev–Trinajstić information content (AvgIpc) is 2.97. The number of methoxy groups -OCH3 is 1. The Bertz CT molecular complexity index is 729. The second kappa shape index (κ2) is 8.19. The van der Waals surface area contributed by atoms with Gasteiger partial charge in [-0.15, -0.1) is 11.3 Å². The fraction of sp³-hybridized carbons (Fsp3) is 0.632. The summed E-state index contributed by atoms with van der Waals surface area (Å²) in [6.45, 7) is 3.93. The van der Waals surface area contributed by atoms with Crippen LogP contribution in [0.25, 0.3) is 0 Å². The molecule has 1 fully saturated rings. The lowest BCUT2D eigenvalue weighted by atomic mass is 9.89. The molecule has 3 rings (SSSR count). The molecule has 2 aliphatic rings. The molecule has 6 nitrogen and oxygen atoms in total. The van der Waals surface area contributed by atoms with Crippen LogP contribution in [0.4, 0.5) is 5.00 Å². The van der Waals surface area contributed by atoms with Gasteiger partial charge in [0, 0.05) is 4.88 Å². The molecule has 1 saturated heterocycles. The van der Waals surface area contributed by atoms with Crippen molar-refractivity contribution in [1.29, 1.82) is 5.26 Å². The second-order valence-electron chi connectivity index (χ2n) is 7.29. The lowest BCUT2D eigenvalue weighted by molar-refractivity contribution is -0.147. The monoisotopic (exact) mass is 375 g/mol. The maximum absolute atomic E-state index is 12.5. The molecule has 1 atom stereocenters. The number of fused-ring (bicyclic) bond motifs is 1. The van der Waals surface area contributed by atoms with Gasteiger partial charge in [-0.3, -0.25) is 14.5 Å². The van der Waals surface area contributed by atoms with E-state index in [-0.39, 0.29) is 24.3 Å². The van der Waals surface area contributed by atoms with E-state index in [1.54, 1.807) is 11.3 Å². The van der Waals surface area contributed by atoms with E-state index in [1.165, 1.54) is 12.0 Å². The zero-order chi connectivity index (χ0) is 18.7. The molecule has 2 heterocycles. The number of esters is 1. The number of likely N-dealkylation sites (tertiary alicyclic amines) is 1. The van der Waals surface area contributed by atoms with Crippen LogP contribution >= 0.6 is 11.3 Å². The van der Waals surface area contributed by atoms with E-state index in [2.05, 4.69) is 23.2 Å². The van der Waals surface area contributed by atoms with E-state index in [1.807, 2.05) is 0 Å². The van der Waals surface area contributed by atoms with Gasteiger partial charge >= 0.3 is 5.97 Å². The molecule has 0 bridgehead atoms. The second-order valence-corrected chi connectivity index (χ2v) is 8.39. The van der Waals surface area contributed by atoms with Crippen molar-refractivity contribution in [3.8, 4) is 6.07 Å². The minimum absolute atomic E-state index is 0.0597. The number of amides is 1. The Morgan fingerprint density at radius 2 is 2.08 bits per heavy atom. The van der Waals surface area contributed by atoms with Crippen molar-refractivity contribution in [2.24, 2.45) is 11.8 Å². The van der Waals surface area contributed by atoms with Crippen molar-refractivity contribution >= 4 is 28.2 Å². The first-order valence-electron chi connectivity index (χ1n) is 9.16. The Morgan fingerprint density at radius 1 is 1.35 bits per heavy atom. The lowest BCUT2D eigenvalue weighted by Crippen LogP contribution is -2.41. The average molecular weight is 375 g/mol. The summed E-state index contributed by atoms with van der Waals surface area (Å²) < 4.78 is 4.79. The number of carbonyl (C=O) groups excluding carboxylic acids is 2. The number of carbonyl (C=O) groups is 2. The van der Waals surface area contributed by atoms with Gasteiger partial charge in [0.15, 0.2) is 0 Å². The van der Waals surface area contributed by atoms with E-state index >= 15 is 0 Å². The Morgan fingerprint density at radius 3 is 2.73 bits per heavy atom. The Labute approximate surface area is 158 Å². The highest BCUT2D eigenvalue weighted by atomic mass is 32.1. The van der Waals surface area contributed by atoms with Crippen LogP contribution in [0.15, 0.2) is 0 Å². The molecule has 140 valence electrons. The van der Waals surface area contributed by atoms with Crippen molar-refractivity contribution in [3.05, 3.63) is 16.0 Å². The molecule has 1 amide bonds. The third-order valence-electron chi connectivity index (χ3n) is 5.37. The lowest BCUT2D eigenvalue weighted by Gasteiger charge is -2.29. The smallest absolute Gasteiger partial charge is 0.308 e. The molecule has 0 radical (unpaired) electrons. The Hall–Kier alpha value is -1.91. The van der Waals surface area contributed by atoms with E-state index in [9.17, 15) is 14.9 Å². The minimum atomic E-state index is -0.161. The Balaban J connectivity index is 1.58. The molecule has 1 aromatic heterocycles. The minimum Gasteiger partial charge on any atom is -0.469 e. The highest BCUT2D eigenvalue weighted by molar-refractivity contribution is 7.16. The SMILES string of the molecule is COC(=O)C1CCN(CC(=O)Nc2sc3c(c2C#N)CC[C@H](C)C3)CC1. The van der Waals surface area contributed by atoms with Crippen LogP contribution in [0.5, 0.6) is 0 Å². The number of hydrogen-bond donors (Lipinski definition) is 1. The number of nitrogens with zero attached hydrogens (tertiary/aromatic N) is 2. The van der Waals surface area contributed by atoms with Crippen LogP contribution < -0.4 is 5.32 Å². The van der Waals surface area contributed by atoms with Gasteiger partial charge in [0.05, 0.1) is 25.1 Å². The van der Waals surface area contributed by atoms with Crippen molar-refractivity contribution in [2.45, 2.75) is 39.0 Å². The summed E-state index contributed by atoms with van der Waals surface area (Å²) >= 11 is 1.55. The van der Waals surface area contributed by atoms with Gasteiger partial charge in [0.2, 0.25) is 5.91 Å². The molecule has 7 heteroatoms. The maximum atomic E-state index is 12.5. The van der Waals surface area contributed by atoms with Crippen LogP contribution in [-0.4, -0.2) is 43.5 Å². The Kier molecular flexibility index (Phi) is 5.94. The molecule has 0 spiro atoms. The van der Waals surface area contributed by atoms with Gasteiger partial charge in [0.1, 0.15) is 11.1 Å². The standard InChI is InChI=1S/C19H25N3O3S/c1-12-3-4-14-15(10-20)18(26-16(14)9-12)21-17(23)11-22-7-5-13(6-8-22)19(24)25-2/h12-13H,3-9,11H2,1-2H3,(H,21,23)/t12-/m0/s1. The first-order chi connectivity index (χ1) is 12.5. The molecule has 0 saturated carbocycles. The number of rotatable bonds is 4. The van der Waals surface area contributed by atoms with Gasteiger partial charge in [-0.05, 0) is 56.7 Å². The van der Waals surface area contributed by atoms with Crippen LogP contribution in [-0.2, 0) is 27.2 Å². The molecular formula is C19H25N3O3S. The summed E-state index contributed by atoms with van der Waals surface area (Å²) in [5, 5.41) is 13.2. The summed E-state index contributed by atoms with van der Waals surface area (Å²) in [5.74, 6) is 0.318. The van der Waals surface area contributed by atoms with Gasteiger partial charge in [-0.25, -0.2) is 0 Å². The number of hydrogen-bond acceptors (Lipinski definition) is 6. The molecule has 1 aromatic rings. The third-order valence-corrected chi connectivity index (χ3v) is 6.54. The highest BCUT2D eigenvalue weighted by Crippen LogP contribution is 2.39. The molecule has 1 N–H and O–H groups in total. The van der Waals surface area contributed by atoms with Crippen LogP contribution in [0.2, 0.25) is 0 Å². The maximum Gasteiger partial charge on any atom is 0.308 e. The molecule has 26 heavy (non-hydrogen) atoms. The molecule has 0 aromatic carbocycles. The van der Waals surface area contributed by atoms with E-state index in [0.717, 1.165) is 24.8 Å².